The SMILES string of the molecule is CCCC(=O)Oc1c(C)nn(C)c(=O)c1-c1c(C(C)=NOC)sc2ccccc12. The van der Waals surface area contributed by atoms with E-state index in [2.05, 4.69) is 10.3 Å². The van der Waals surface area contributed by atoms with Gasteiger partial charge in [0.25, 0.3) is 5.56 Å². The highest BCUT2D eigenvalue weighted by atomic mass is 32.1. The quantitative estimate of drug-likeness (QED) is 0.346. The largest absolute Gasteiger partial charge is 0.424 e. The van der Waals surface area contributed by atoms with Crippen LogP contribution in [-0.2, 0) is 16.7 Å². The maximum absolute atomic E-state index is 13.2. The van der Waals surface area contributed by atoms with Crippen molar-refractivity contribution < 1.29 is 14.4 Å². The third-order valence-electron chi connectivity index (χ3n) is 4.44. The van der Waals surface area contributed by atoms with Gasteiger partial charge in [-0.1, -0.05) is 30.3 Å². The number of carbonyl (C=O) groups excluding carboxylic acids is 1. The second kappa shape index (κ2) is 8.57. The molecular weight excluding hydrogens is 390 g/mol. The van der Waals surface area contributed by atoms with Crippen LogP contribution in [0.3, 0.4) is 0 Å². The molecule has 0 aliphatic rings. The van der Waals surface area contributed by atoms with Crippen molar-refractivity contribution in [2.24, 2.45) is 12.2 Å². The van der Waals surface area contributed by atoms with E-state index >= 15 is 0 Å². The first-order chi connectivity index (χ1) is 13.9. The van der Waals surface area contributed by atoms with E-state index in [1.54, 1.807) is 14.0 Å². The number of rotatable bonds is 6. The van der Waals surface area contributed by atoms with Gasteiger partial charge in [0.1, 0.15) is 12.8 Å². The van der Waals surface area contributed by atoms with Crippen LogP contribution in [0.4, 0.5) is 0 Å². The summed E-state index contributed by atoms with van der Waals surface area (Å²) in [7, 11) is 3.06. The Morgan fingerprint density at radius 1 is 1.28 bits per heavy atom. The van der Waals surface area contributed by atoms with E-state index in [0.29, 0.717) is 29.0 Å². The van der Waals surface area contributed by atoms with Gasteiger partial charge < -0.3 is 9.57 Å². The Morgan fingerprint density at radius 3 is 2.69 bits per heavy atom. The van der Waals surface area contributed by atoms with Gasteiger partial charge in [0.05, 0.1) is 16.2 Å². The molecule has 2 aromatic heterocycles. The van der Waals surface area contributed by atoms with Crippen LogP contribution in [0.2, 0.25) is 0 Å². The van der Waals surface area contributed by atoms with Crippen LogP contribution < -0.4 is 10.3 Å². The van der Waals surface area contributed by atoms with Gasteiger partial charge in [-0.15, -0.1) is 11.3 Å². The minimum Gasteiger partial charge on any atom is -0.424 e. The molecule has 2 heterocycles. The molecule has 8 heteroatoms. The summed E-state index contributed by atoms with van der Waals surface area (Å²) in [5, 5.41) is 9.17. The fourth-order valence-corrected chi connectivity index (χ4v) is 4.34. The normalized spacial score (nSPS) is 11.7. The van der Waals surface area contributed by atoms with Crippen molar-refractivity contribution in [3.05, 3.63) is 45.2 Å². The highest BCUT2D eigenvalue weighted by molar-refractivity contribution is 7.21. The number of esters is 1. The lowest BCUT2D eigenvalue weighted by Gasteiger charge is -2.14. The van der Waals surface area contributed by atoms with Crippen LogP contribution in [0, 0.1) is 6.92 Å². The third-order valence-corrected chi connectivity index (χ3v) is 5.72. The predicted octanol–water partition coefficient (Wildman–Crippen LogP) is 4.05. The lowest BCUT2D eigenvalue weighted by Crippen LogP contribution is -2.25. The van der Waals surface area contributed by atoms with Gasteiger partial charge in [0.2, 0.25) is 0 Å². The molecule has 3 aromatic rings. The zero-order valence-electron chi connectivity index (χ0n) is 17.1. The van der Waals surface area contributed by atoms with Crippen molar-refractivity contribution >= 4 is 33.1 Å². The number of fused-ring (bicyclic) bond motifs is 1. The number of nitrogens with zero attached hydrogens (tertiary/aromatic N) is 3. The topological polar surface area (TPSA) is 82.8 Å². The second-order valence-corrected chi connectivity index (χ2v) is 7.66. The molecule has 0 amide bonds. The Kier molecular flexibility index (Phi) is 6.12. The van der Waals surface area contributed by atoms with Gasteiger partial charge in [-0.25, -0.2) is 4.68 Å². The van der Waals surface area contributed by atoms with Crippen molar-refractivity contribution in [3.8, 4) is 16.9 Å². The first-order valence-electron chi connectivity index (χ1n) is 9.27. The molecule has 0 unspecified atom stereocenters. The molecule has 0 saturated carbocycles. The number of hydrogen-bond acceptors (Lipinski definition) is 7. The summed E-state index contributed by atoms with van der Waals surface area (Å²) in [6, 6.07) is 7.77. The van der Waals surface area contributed by atoms with Crippen LogP contribution in [0.1, 0.15) is 37.3 Å². The van der Waals surface area contributed by atoms with E-state index in [1.807, 2.05) is 38.1 Å². The minimum atomic E-state index is -0.393. The molecule has 152 valence electrons. The van der Waals surface area contributed by atoms with Crippen LogP contribution >= 0.6 is 11.3 Å². The lowest BCUT2D eigenvalue weighted by molar-refractivity contribution is -0.134. The number of carbonyl (C=O) groups is 1. The zero-order chi connectivity index (χ0) is 21.1. The van der Waals surface area contributed by atoms with Crippen molar-refractivity contribution in [2.75, 3.05) is 7.11 Å². The Labute approximate surface area is 172 Å². The summed E-state index contributed by atoms with van der Waals surface area (Å²) in [4.78, 5) is 31.2. The Balaban J connectivity index is 2.40. The number of aromatic nitrogens is 2. The number of oxime groups is 1. The summed E-state index contributed by atoms with van der Waals surface area (Å²) in [5.74, 6) is -0.197. The maximum Gasteiger partial charge on any atom is 0.311 e. The van der Waals surface area contributed by atoms with Crippen LogP contribution in [0.5, 0.6) is 5.75 Å². The molecule has 7 nitrogen and oxygen atoms in total. The second-order valence-electron chi connectivity index (χ2n) is 6.60. The monoisotopic (exact) mass is 413 g/mol. The smallest absolute Gasteiger partial charge is 0.311 e. The Bertz CT molecular complexity index is 1160. The highest BCUT2D eigenvalue weighted by Gasteiger charge is 2.26. The highest BCUT2D eigenvalue weighted by Crippen LogP contribution is 2.42. The van der Waals surface area contributed by atoms with E-state index in [4.69, 9.17) is 9.57 Å². The number of ether oxygens (including phenoxy) is 1. The molecule has 0 N–H and O–H groups in total. The fraction of sp³-hybridized carbons (Fsp3) is 0.333. The van der Waals surface area contributed by atoms with Gasteiger partial charge in [-0.2, -0.15) is 5.10 Å². The fourth-order valence-electron chi connectivity index (χ4n) is 3.20. The minimum absolute atomic E-state index is 0.196. The first-order valence-corrected chi connectivity index (χ1v) is 10.1. The van der Waals surface area contributed by atoms with Crippen molar-refractivity contribution in [1.29, 1.82) is 0 Å². The average Bonchev–Trinajstić information content (AvgIpc) is 3.06. The molecule has 29 heavy (non-hydrogen) atoms. The predicted molar refractivity (Wildman–Crippen MR) is 115 cm³/mol. The van der Waals surface area contributed by atoms with E-state index in [1.165, 1.54) is 23.1 Å². The Morgan fingerprint density at radius 2 is 2.00 bits per heavy atom. The van der Waals surface area contributed by atoms with Crippen molar-refractivity contribution in [1.82, 2.24) is 9.78 Å². The van der Waals surface area contributed by atoms with Crippen LogP contribution in [0.15, 0.2) is 34.2 Å². The average molecular weight is 413 g/mol. The summed E-state index contributed by atoms with van der Waals surface area (Å²) in [6.45, 7) is 5.44. The van der Waals surface area contributed by atoms with Crippen molar-refractivity contribution in [3.63, 3.8) is 0 Å². The number of hydrogen-bond donors (Lipinski definition) is 0. The summed E-state index contributed by atoms with van der Waals surface area (Å²) >= 11 is 1.51. The van der Waals surface area contributed by atoms with Gasteiger partial charge in [-0.05, 0) is 26.3 Å². The molecule has 0 fully saturated rings. The van der Waals surface area contributed by atoms with Crippen LogP contribution in [0.25, 0.3) is 21.2 Å². The lowest BCUT2D eigenvalue weighted by atomic mass is 10.0. The van der Waals surface area contributed by atoms with E-state index in [-0.39, 0.29) is 17.7 Å². The molecule has 0 radical (unpaired) electrons. The van der Waals surface area contributed by atoms with E-state index < -0.39 is 5.97 Å². The molecule has 0 spiro atoms. The van der Waals surface area contributed by atoms with Gasteiger partial charge in [0.15, 0.2) is 5.75 Å². The van der Waals surface area contributed by atoms with Crippen molar-refractivity contribution in [2.45, 2.75) is 33.6 Å². The maximum atomic E-state index is 13.2. The molecule has 0 saturated heterocycles. The van der Waals surface area contributed by atoms with Gasteiger partial charge in [0, 0.05) is 29.1 Å². The molecule has 1 aromatic carbocycles. The van der Waals surface area contributed by atoms with Gasteiger partial charge in [-0.3, -0.25) is 9.59 Å². The molecule has 3 rings (SSSR count). The molecule has 0 bridgehead atoms. The number of thiophene rings is 1. The first kappa shape index (κ1) is 20.7. The molecular formula is C21H23N3O4S. The van der Waals surface area contributed by atoms with Gasteiger partial charge >= 0.3 is 5.97 Å². The third kappa shape index (κ3) is 3.93. The molecule has 0 aliphatic heterocycles. The standard InChI is InChI=1S/C21H23N3O4S/c1-6-9-16(25)28-19-12(2)22-24(4)21(26)18(19)17-14-10-7-8-11-15(14)29-20(17)13(3)23-27-5/h7-8,10-11H,6,9H2,1-5H3. The van der Waals surface area contributed by atoms with E-state index in [0.717, 1.165) is 15.0 Å². The number of aryl methyl sites for hydroxylation is 2. The summed E-state index contributed by atoms with van der Waals surface area (Å²) in [6.07, 6.45) is 0.910. The molecule has 0 aliphatic carbocycles. The zero-order valence-corrected chi connectivity index (χ0v) is 17.9. The number of benzene rings is 1. The van der Waals surface area contributed by atoms with Crippen LogP contribution in [-0.4, -0.2) is 28.6 Å². The molecule has 0 atom stereocenters. The van der Waals surface area contributed by atoms with E-state index in [9.17, 15) is 9.59 Å². The summed E-state index contributed by atoms with van der Waals surface area (Å²) < 4.78 is 7.89. The summed E-state index contributed by atoms with van der Waals surface area (Å²) in [5.41, 5.74) is 1.74. The Hall–Kier alpha value is -3.00.